The minimum Gasteiger partial charge on any atom is -0.480 e. The molecule has 0 saturated carbocycles. The van der Waals surface area contributed by atoms with Crippen molar-refractivity contribution in [2.75, 3.05) is 86.6 Å². The molecule has 3 heterocycles. The normalized spacial score (nSPS) is 10.9. The minimum absolute atomic E-state index is 0.0151. The highest BCUT2D eigenvalue weighted by molar-refractivity contribution is 9.10. The van der Waals surface area contributed by atoms with Crippen LogP contribution in [0.3, 0.4) is 0 Å². The largest absolute Gasteiger partial charge is 0.480 e. The summed E-state index contributed by atoms with van der Waals surface area (Å²) in [6.45, 7) is 3.73. The lowest BCUT2D eigenvalue weighted by Crippen LogP contribution is -2.21. The zero-order valence-corrected chi connectivity index (χ0v) is 57.2. The van der Waals surface area contributed by atoms with Crippen molar-refractivity contribution in [3.63, 3.8) is 0 Å². The van der Waals surface area contributed by atoms with Gasteiger partial charge in [-0.3, -0.25) is 28.8 Å². The second-order valence-electron chi connectivity index (χ2n) is 22.3. The lowest BCUT2D eigenvalue weighted by molar-refractivity contribution is -0.144. The molecule has 0 aliphatic rings. The van der Waals surface area contributed by atoms with E-state index in [4.69, 9.17) is 50.0 Å². The van der Waals surface area contributed by atoms with Gasteiger partial charge in [0.2, 0.25) is 0 Å². The number of carboxylic acid groups (broad SMARTS) is 1. The number of para-hydroxylation sites is 3. The second kappa shape index (κ2) is 30.8. The zero-order chi connectivity index (χ0) is 68.4. The number of ether oxygens (including phenoxy) is 2. The topological polar surface area (TPSA) is 216 Å². The van der Waals surface area contributed by atoms with Gasteiger partial charge >= 0.3 is 17.9 Å². The van der Waals surface area contributed by atoms with E-state index in [1.165, 1.54) is 0 Å². The van der Waals surface area contributed by atoms with Gasteiger partial charge in [-0.05, 0) is 141 Å². The number of esters is 2. The Morgan fingerprint density at radius 3 is 1.07 bits per heavy atom. The molecular formula is C73H69BrCl3N9O9. The number of benzene rings is 9. The number of carbonyl (C=O) groups is 3. The van der Waals surface area contributed by atoms with E-state index in [2.05, 4.69) is 26.6 Å². The number of hydrogen-bond donors (Lipinski definition) is 4. The first-order valence-electron chi connectivity index (χ1n) is 30.0. The number of nitrogens with zero attached hydrogens (tertiary/aromatic N) is 6. The lowest BCUT2D eigenvalue weighted by atomic mass is 10.1. The highest BCUT2D eigenvalue weighted by Crippen LogP contribution is 2.38. The second-order valence-corrected chi connectivity index (χ2v) is 24.5. The van der Waals surface area contributed by atoms with E-state index < -0.39 is 5.97 Å². The van der Waals surface area contributed by atoms with E-state index in [9.17, 15) is 33.9 Å². The lowest BCUT2D eigenvalue weighted by Gasteiger charge is -2.22. The predicted molar refractivity (Wildman–Crippen MR) is 394 cm³/mol. The highest BCUT2D eigenvalue weighted by Gasteiger charge is 2.24. The Hall–Kier alpha value is -10.1. The van der Waals surface area contributed by atoms with Crippen molar-refractivity contribution < 1.29 is 29.0 Å². The monoisotopic (exact) mass is 1400 g/mol. The molecule has 488 valence electrons. The number of nitrogen functional groups attached to an aromatic ring is 1. The third-order valence-corrected chi connectivity index (χ3v) is 16.6. The highest BCUT2D eigenvalue weighted by atomic mass is 79.9. The molecule has 0 spiro atoms. The molecule has 9 aromatic carbocycles. The van der Waals surface area contributed by atoms with E-state index in [1.807, 2.05) is 178 Å². The van der Waals surface area contributed by atoms with Crippen molar-refractivity contribution in [1.82, 2.24) is 13.7 Å². The van der Waals surface area contributed by atoms with Crippen LogP contribution in [0.25, 0.3) is 65.4 Å². The molecular weight excluding hydrogens is 1330 g/mol. The summed E-state index contributed by atoms with van der Waals surface area (Å²) in [5, 5.41) is 20.6. The fraction of sp³-hybridized carbons (Fsp3) is 0.178. The number of hydrogen-bond acceptors (Lipinski definition) is 14. The molecule has 18 nitrogen and oxygen atoms in total. The van der Waals surface area contributed by atoms with Gasteiger partial charge in [0.1, 0.15) is 19.6 Å². The standard InChI is InChI=1S/C25H24ClN3O3.C23H20ClN3O3.C19H18BrClN2O3.C6H7N/c1-4-32-22(30)15-29-21-14-17(27-16-8-6-5-7-9-16)10-11-18(21)25(31)19-12-13-20(26)24(23(19)29)28(2)3;1-26(2)22-18(24)11-10-17-21(22)27(13-20(28)29)19-12-15(8-9-16(19)23(17)30)25-14-6-4-3-5-7-14;1-4-26-16(24)10-23-15-9-11(20)5-6-12(15)19(25)13-7-8-14(21)18(17(13)23)22(2)3;7-6-4-2-1-3-5-6/h5-14,27H,4,15H2,1-3H3;3-12,25H,13H2,1-2H3,(H,28,29);5-9H,4,10H2,1-3H3;1-5H,7H2. The number of carbonyl (C=O) groups excluding carboxylic acids is 2. The molecule has 0 amide bonds. The Balaban J connectivity index is 0.000000160. The molecule has 0 saturated heterocycles. The van der Waals surface area contributed by atoms with Crippen LogP contribution in [0.2, 0.25) is 15.1 Å². The molecule has 0 atom stereocenters. The van der Waals surface area contributed by atoms with Gasteiger partial charge in [0.05, 0.1) is 78.4 Å². The summed E-state index contributed by atoms with van der Waals surface area (Å²) in [6, 6.07) is 55.3. The molecule has 0 unspecified atom stereocenters. The number of anilines is 8. The van der Waals surface area contributed by atoms with Crippen molar-refractivity contribution in [3.8, 4) is 0 Å². The maximum absolute atomic E-state index is 13.4. The van der Waals surface area contributed by atoms with Crippen LogP contribution < -0.4 is 47.4 Å². The summed E-state index contributed by atoms with van der Waals surface area (Å²) in [5.74, 6) is -1.76. The van der Waals surface area contributed by atoms with Crippen LogP contribution in [0.4, 0.5) is 45.5 Å². The van der Waals surface area contributed by atoms with Crippen molar-refractivity contribution >= 4 is 180 Å². The number of nitrogens with one attached hydrogen (secondary N) is 2. The first-order valence-corrected chi connectivity index (χ1v) is 32.0. The molecule has 22 heteroatoms. The predicted octanol–water partition coefficient (Wildman–Crippen LogP) is 15.4. The van der Waals surface area contributed by atoms with Crippen molar-refractivity contribution in [2.45, 2.75) is 33.5 Å². The van der Waals surface area contributed by atoms with Gasteiger partial charge < -0.3 is 59.3 Å². The van der Waals surface area contributed by atoms with E-state index in [0.29, 0.717) is 104 Å². The number of rotatable bonds is 15. The summed E-state index contributed by atoms with van der Waals surface area (Å²) >= 11 is 22.8. The molecule has 95 heavy (non-hydrogen) atoms. The smallest absolute Gasteiger partial charge is 0.325 e. The fourth-order valence-electron chi connectivity index (χ4n) is 11.2. The fourth-order valence-corrected chi connectivity index (χ4v) is 12.5. The summed E-state index contributed by atoms with van der Waals surface area (Å²) in [4.78, 5) is 81.7. The third-order valence-electron chi connectivity index (χ3n) is 15.2. The summed E-state index contributed by atoms with van der Waals surface area (Å²) < 4.78 is 16.5. The molecule has 0 fully saturated rings. The number of aliphatic carboxylic acids is 1. The Kier molecular flexibility index (Phi) is 22.5. The van der Waals surface area contributed by atoms with Crippen molar-refractivity contribution in [1.29, 1.82) is 0 Å². The van der Waals surface area contributed by atoms with Crippen LogP contribution in [0.5, 0.6) is 0 Å². The van der Waals surface area contributed by atoms with Gasteiger partial charge in [-0.15, -0.1) is 0 Å². The number of aromatic nitrogens is 3. The Morgan fingerprint density at radius 1 is 0.442 bits per heavy atom. The van der Waals surface area contributed by atoms with E-state index >= 15 is 0 Å². The van der Waals surface area contributed by atoms with Crippen LogP contribution in [0.15, 0.2) is 201 Å². The molecule has 0 aliphatic carbocycles. The summed E-state index contributed by atoms with van der Waals surface area (Å²) in [5.41, 5.74) is 14.7. The average Bonchev–Trinajstić information content (AvgIpc) is 0.755. The molecule has 12 aromatic rings. The third kappa shape index (κ3) is 15.6. The quantitative estimate of drug-likeness (QED) is 0.0427. The van der Waals surface area contributed by atoms with Crippen LogP contribution >= 0.6 is 50.7 Å². The molecule has 5 N–H and O–H groups in total. The maximum atomic E-state index is 13.4. The summed E-state index contributed by atoms with van der Waals surface area (Å²) in [7, 11) is 11.0. The van der Waals surface area contributed by atoms with Gasteiger partial charge in [0.15, 0.2) is 16.3 Å². The maximum Gasteiger partial charge on any atom is 0.325 e. The SMILES string of the molecule is CCOC(=O)Cn1c2cc(Br)ccc2c(=O)c2ccc(Cl)c(N(C)C)c21.CCOC(=O)Cn1c2cc(Nc3ccccc3)ccc2c(=O)c2ccc(Cl)c(N(C)C)c21.CN(C)c1c(Cl)ccc2c(=O)c3ccc(Nc4ccccc4)cc3n(CC(=O)O)c12.Nc1ccccc1. The van der Waals surface area contributed by atoms with Crippen LogP contribution in [-0.4, -0.2) is 92.2 Å². The van der Waals surface area contributed by atoms with Gasteiger partial charge in [0.25, 0.3) is 0 Å². The minimum atomic E-state index is -1.01. The Morgan fingerprint density at radius 2 is 0.758 bits per heavy atom. The molecule has 0 radical (unpaired) electrons. The zero-order valence-electron chi connectivity index (χ0n) is 53.3. The van der Waals surface area contributed by atoms with Crippen molar-refractivity contribution in [3.05, 3.63) is 232 Å². The average molecular weight is 1400 g/mol. The molecule has 3 aromatic heterocycles. The number of halogens is 4. The Labute approximate surface area is 570 Å². The van der Waals surface area contributed by atoms with Gasteiger partial charge in [-0.1, -0.05) is 105 Å². The summed E-state index contributed by atoms with van der Waals surface area (Å²) in [6.07, 6.45) is 0. The van der Waals surface area contributed by atoms with Gasteiger partial charge in [0, 0.05) is 108 Å². The van der Waals surface area contributed by atoms with Crippen molar-refractivity contribution in [2.24, 2.45) is 0 Å². The van der Waals surface area contributed by atoms with Crippen LogP contribution in [-0.2, 0) is 43.5 Å². The molecule has 12 rings (SSSR count). The number of nitrogens with two attached hydrogens (primary N) is 1. The van der Waals surface area contributed by atoms with E-state index in [0.717, 1.165) is 32.9 Å². The first-order chi connectivity index (χ1) is 45.5. The number of pyridine rings is 3. The van der Waals surface area contributed by atoms with Gasteiger partial charge in [-0.2, -0.15) is 0 Å². The first kappa shape index (κ1) is 69.3. The molecule has 0 bridgehead atoms. The number of fused-ring (bicyclic) bond motifs is 6. The van der Waals surface area contributed by atoms with Gasteiger partial charge in [-0.25, -0.2) is 0 Å². The molecule has 0 aliphatic heterocycles. The van der Waals surface area contributed by atoms with Crippen LogP contribution in [0.1, 0.15) is 13.8 Å². The number of carboxylic acids is 1. The van der Waals surface area contributed by atoms with E-state index in [1.54, 1.807) is 88.5 Å². The van der Waals surface area contributed by atoms with Crippen LogP contribution in [0, 0.1) is 0 Å². The van der Waals surface area contributed by atoms with E-state index in [-0.39, 0.29) is 54.5 Å². The Bertz CT molecular complexity index is 5050.